The van der Waals surface area contributed by atoms with Crippen LogP contribution in [-0.4, -0.2) is 46.1 Å². The van der Waals surface area contributed by atoms with E-state index in [2.05, 4.69) is 48.7 Å². The average molecular weight is 456 g/mol. The normalized spacial score (nSPS) is 18.1. The number of nitrogens with zero attached hydrogens (tertiary/aromatic N) is 3. The van der Waals surface area contributed by atoms with Gasteiger partial charge in [0.05, 0.1) is 4.88 Å². The first-order chi connectivity index (χ1) is 14.7. The molecule has 5 nitrogen and oxygen atoms in total. The van der Waals surface area contributed by atoms with Crippen LogP contribution in [0.15, 0.2) is 51.8 Å². The molecule has 0 N–H and O–H groups in total. The summed E-state index contributed by atoms with van der Waals surface area (Å²) in [5.41, 5.74) is 2.61. The molecular weight excluding hydrogens is 426 g/mol. The molecule has 0 unspecified atom stereocenters. The predicted octanol–water partition coefficient (Wildman–Crippen LogP) is 5.92. The largest absolute Gasteiger partial charge is 0.444 e. The predicted molar refractivity (Wildman–Crippen MR) is 131 cm³/mol. The Kier molecular flexibility index (Phi) is 6.26. The molecule has 1 aromatic heterocycles. The smallest absolute Gasteiger partial charge is 0.410 e. The summed E-state index contributed by atoms with van der Waals surface area (Å²) in [4.78, 5) is 25.6. The molecule has 164 valence electrons. The van der Waals surface area contributed by atoms with Gasteiger partial charge in [-0.25, -0.2) is 9.79 Å². The van der Waals surface area contributed by atoms with Crippen molar-refractivity contribution < 1.29 is 9.53 Å². The molecule has 1 aromatic carbocycles. The Morgan fingerprint density at radius 3 is 2.61 bits per heavy atom. The molecule has 2 aliphatic rings. The van der Waals surface area contributed by atoms with Crippen molar-refractivity contribution in [1.82, 2.24) is 4.90 Å². The number of carbonyl (C=O) groups is 1. The van der Waals surface area contributed by atoms with Gasteiger partial charge in [0.25, 0.3) is 0 Å². The van der Waals surface area contributed by atoms with Crippen LogP contribution >= 0.6 is 23.1 Å². The molecule has 0 atom stereocenters. The highest BCUT2D eigenvalue weighted by atomic mass is 32.2. The lowest BCUT2D eigenvalue weighted by Gasteiger charge is -2.36. The van der Waals surface area contributed by atoms with Crippen LogP contribution in [0.5, 0.6) is 0 Å². The number of amides is 1. The van der Waals surface area contributed by atoms with E-state index in [-0.39, 0.29) is 6.09 Å². The van der Waals surface area contributed by atoms with Gasteiger partial charge in [-0.05, 0) is 44.7 Å². The van der Waals surface area contributed by atoms with Gasteiger partial charge in [0.2, 0.25) is 0 Å². The zero-order valence-corrected chi connectivity index (χ0v) is 20.2. The Balaban J connectivity index is 1.50. The van der Waals surface area contributed by atoms with Gasteiger partial charge in [0.15, 0.2) is 5.66 Å². The molecule has 7 heteroatoms. The number of thiophene rings is 1. The van der Waals surface area contributed by atoms with Gasteiger partial charge in [0.1, 0.15) is 16.4 Å². The van der Waals surface area contributed by atoms with E-state index in [4.69, 9.17) is 14.7 Å². The third-order valence-corrected chi connectivity index (χ3v) is 7.17. The van der Waals surface area contributed by atoms with E-state index in [1.807, 2.05) is 20.8 Å². The first-order valence-corrected chi connectivity index (χ1v) is 12.5. The van der Waals surface area contributed by atoms with Crippen molar-refractivity contribution in [2.45, 2.75) is 57.6 Å². The lowest BCUT2D eigenvalue weighted by Crippen LogP contribution is -2.46. The van der Waals surface area contributed by atoms with Crippen LogP contribution in [0.4, 0.5) is 4.79 Å². The topological polar surface area (TPSA) is 54.3 Å². The van der Waals surface area contributed by atoms with E-state index < -0.39 is 11.3 Å². The summed E-state index contributed by atoms with van der Waals surface area (Å²) in [5, 5.41) is 3.09. The van der Waals surface area contributed by atoms with Crippen molar-refractivity contribution in [1.29, 1.82) is 0 Å². The molecule has 3 heterocycles. The maximum atomic E-state index is 12.4. The second-order valence-corrected chi connectivity index (χ2v) is 11.0. The summed E-state index contributed by atoms with van der Waals surface area (Å²) in [5.74, 6) is 0.866. The van der Waals surface area contributed by atoms with Crippen molar-refractivity contribution in [3.63, 3.8) is 0 Å². The number of ether oxygens (including phenoxy) is 1. The van der Waals surface area contributed by atoms with Gasteiger partial charge in [-0.1, -0.05) is 47.7 Å². The number of carbonyl (C=O) groups excluding carboxylic acids is 1. The quantitative estimate of drug-likeness (QED) is 0.577. The number of hydrogen-bond acceptors (Lipinski definition) is 6. The van der Waals surface area contributed by atoms with Gasteiger partial charge < -0.3 is 9.64 Å². The third kappa shape index (κ3) is 5.39. The second kappa shape index (κ2) is 8.79. The number of likely N-dealkylation sites (tertiary alicyclic amines) is 1. The minimum atomic E-state index is -0.484. The molecular formula is C24H29N3O2S2. The lowest BCUT2D eigenvalue weighted by atomic mass is 9.99. The zero-order chi connectivity index (χ0) is 22.1. The molecule has 1 amide bonds. The van der Waals surface area contributed by atoms with Crippen LogP contribution in [0.1, 0.15) is 49.6 Å². The highest BCUT2D eigenvalue weighted by molar-refractivity contribution is 8.15. The molecule has 31 heavy (non-hydrogen) atoms. The highest BCUT2D eigenvalue weighted by Crippen LogP contribution is 2.37. The molecule has 2 aliphatic heterocycles. The first kappa shape index (κ1) is 22.1. The number of piperidine rings is 1. The Hall–Kier alpha value is -2.12. The minimum absolute atomic E-state index is 0.249. The average Bonchev–Trinajstić information content (AvgIpc) is 3.34. The molecule has 2 aromatic rings. The van der Waals surface area contributed by atoms with Crippen molar-refractivity contribution in [3.05, 3.63) is 57.8 Å². The summed E-state index contributed by atoms with van der Waals surface area (Å²) in [6.07, 6.45) is 1.19. The fourth-order valence-corrected chi connectivity index (χ4v) is 5.54. The van der Waals surface area contributed by atoms with Crippen molar-refractivity contribution in [3.8, 4) is 0 Å². The van der Waals surface area contributed by atoms with Gasteiger partial charge >= 0.3 is 6.09 Å². The van der Waals surface area contributed by atoms with Crippen molar-refractivity contribution in [2.75, 3.05) is 13.1 Å². The van der Waals surface area contributed by atoms with Crippen LogP contribution in [-0.2, 0) is 10.5 Å². The molecule has 0 aliphatic carbocycles. The SMILES string of the molecule is Cc1cccc(CSC2=NC3(CCN(C(=O)OC(C)(C)C)CC3)N=C2c2cccs2)c1. The van der Waals surface area contributed by atoms with E-state index in [0.717, 1.165) is 34.2 Å². The van der Waals surface area contributed by atoms with Crippen molar-refractivity contribution >= 4 is 39.9 Å². The first-order valence-electron chi connectivity index (χ1n) is 10.6. The summed E-state index contributed by atoms with van der Waals surface area (Å²) in [6, 6.07) is 12.8. The molecule has 1 saturated heterocycles. The molecule has 1 spiro atoms. The molecule has 1 fully saturated rings. The number of benzene rings is 1. The van der Waals surface area contributed by atoms with Crippen LogP contribution < -0.4 is 0 Å². The van der Waals surface area contributed by atoms with Crippen LogP contribution in [0.25, 0.3) is 0 Å². The minimum Gasteiger partial charge on any atom is -0.444 e. The summed E-state index contributed by atoms with van der Waals surface area (Å²) < 4.78 is 5.54. The fraction of sp³-hybridized carbons (Fsp3) is 0.458. The standard InChI is InChI=1S/C24H29N3O2S2/c1-17-7-5-8-18(15-17)16-31-21-20(19-9-6-14-30-19)25-24(26-21)10-12-27(13-11-24)22(28)29-23(2,3)4/h5-9,14-15H,10-13,16H2,1-4H3. The van der Waals surface area contributed by atoms with E-state index in [0.29, 0.717) is 13.1 Å². The Morgan fingerprint density at radius 1 is 1.19 bits per heavy atom. The van der Waals surface area contributed by atoms with Crippen LogP contribution in [0.2, 0.25) is 0 Å². The molecule has 4 rings (SSSR count). The summed E-state index contributed by atoms with van der Waals surface area (Å²) in [7, 11) is 0. The lowest BCUT2D eigenvalue weighted by molar-refractivity contribution is 0.0175. The van der Waals surface area contributed by atoms with Crippen LogP contribution in [0.3, 0.4) is 0 Å². The van der Waals surface area contributed by atoms with E-state index in [9.17, 15) is 4.79 Å². The number of aryl methyl sites for hydroxylation is 1. The van der Waals surface area contributed by atoms with E-state index >= 15 is 0 Å². The Bertz CT molecular complexity index is 998. The highest BCUT2D eigenvalue weighted by Gasteiger charge is 2.41. The van der Waals surface area contributed by atoms with Crippen molar-refractivity contribution in [2.24, 2.45) is 9.98 Å². The van der Waals surface area contributed by atoms with Gasteiger partial charge in [-0.3, -0.25) is 4.99 Å². The number of aliphatic imine (C=N–C) groups is 2. The molecule has 0 radical (unpaired) electrons. The number of hydrogen-bond donors (Lipinski definition) is 0. The monoisotopic (exact) mass is 455 g/mol. The second-order valence-electron chi connectivity index (χ2n) is 9.08. The molecule has 0 bridgehead atoms. The molecule has 0 saturated carbocycles. The number of rotatable bonds is 3. The summed E-state index contributed by atoms with van der Waals surface area (Å²) in [6.45, 7) is 9.02. The Labute approximate surface area is 192 Å². The van der Waals surface area contributed by atoms with E-state index in [1.165, 1.54) is 11.1 Å². The Morgan fingerprint density at radius 2 is 1.97 bits per heavy atom. The van der Waals surface area contributed by atoms with E-state index in [1.54, 1.807) is 28.0 Å². The van der Waals surface area contributed by atoms with Crippen LogP contribution in [0, 0.1) is 6.92 Å². The van der Waals surface area contributed by atoms with Gasteiger partial charge in [-0.2, -0.15) is 0 Å². The zero-order valence-electron chi connectivity index (χ0n) is 18.6. The maximum Gasteiger partial charge on any atom is 0.410 e. The fourth-order valence-electron chi connectivity index (χ4n) is 3.75. The number of thioether (sulfide) groups is 1. The third-order valence-electron chi connectivity index (χ3n) is 5.26. The van der Waals surface area contributed by atoms with Gasteiger partial charge in [-0.15, -0.1) is 11.3 Å². The maximum absolute atomic E-state index is 12.4. The summed E-state index contributed by atoms with van der Waals surface area (Å²) >= 11 is 3.45. The van der Waals surface area contributed by atoms with Gasteiger partial charge in [0, 0.05) is 31.7 Å².